The molecule has 1 aromatic rings. The van der Waals surface area contributed by atoms with Crippen LogP contribution in [0.1, 0.15) is 25.0 Å². The van der Waals surface area contributed by atoms with Crippen molar-refractivity contribution in [3.8, 4) is 11.8 Å². The molecule has 6 heteroatoms. The first kappa shape index (κ1) is 14.6. The monoisotopic (exact) mass is 293 g/mol. The van der Waals surface area contributed by atoms with Crippen molar-refractivity contribution < 1.29 is 18.3 Å². The van der Waals surface area contributed by atoms with E-state index in [-0.39, 0.29) is 6.61 Å². The van der Waals surface area contributed by atoms with Crippen LogP contribution < -0.4 is 4.31 Å². The van der Waals surface area contributed by atoms with Gasteiger partial charge in [-0.2, -0.15) is 0 Å². The first-order chi connectivity index (χ1) is 9.23. The van der Waals surface area contributed by atoms with E-state index in [1.807, 2.05) is 0 Å². The maximum Gasteiger partial charge on any atom is 0.263 e. The quantitative estimate of drug-likeness (QED) is 0.777. The number of carbonyl (C=O) groups is 1. The fourth-order valence-electron chi connectivity index (χ4n) is 1.94. The number of hydrogen-bond acceptors (Lipinski definition) is 4. The van der Waals surface area contributed by atoms with E-state index in [4.69, 9.17) is 5.11 Å². The van der Waals surface area contributed by atoms with Crippen LogP contribution >= 0.6 is 0 Å². The SMILES string of the molecule is Cc1ccc(C#CCO)cc1N1C(=O)C(C)(C)S1(=O)=O. The summed E-state index contributed by atoms with van der Waals surface area (Å²) in [5, 5.41) is 8.68. The largest absolute Gasteiger partial charge is 0.384 e. The summed E-state index contributed by atoms with van der Waals surface area (Å²) in [7, 11) is -3.68. The molecule has 1 heterocycles. The minimum atomic E-state index is -3.68. The van der Waals surface area contributed by atoms with Crippen LogP contribution in [0.2, 0.25) is 0 Å². The van der Waals surface area contributed by atoms with Crippen molar-refractivity contribution >= 4 is 21.6 Å². The predicted molar refractivity (Wildman–Crippen MR) is 75.6 cm³/mol. The van der Waals surface area contributed by atoms with Gasteiger partial charge in [0.2, 0.25) is 0 Å². The maximum atomic E-state index is 12.2. The first-order valence-corrected chi connectivity index (χ1v) is 7.47. The second-order valence-corrected chi connectivity index (χ2v) is 7.38. The van der Waals surface area contributed by atoms with Crippen LogP contribution in [0.4, 0.5) is 5.69 Å². The zero-order valence-corrected chi connectivity index (χ0v) is 12.3. The van der Waals surface area contributed by atoms with Crippen molar-refractivity contribution in [2.24, 2.45) is 0 Å². The Morgan fingerprint density at radius 2 is 2.00 bits per heavy atom. The molecule has 0 spiro atoms. The third-order valence-electron chi connectivity index (χ3n) is 3.32. The zero-order valence-electron chi connectivity index (χ0n) is 11.5. The summed E-state index contributed by atoms with van der Waals surface area (Å²) >= 11 is 0. The Balaban J connectivity index is 2.52. The molecule has 1 fully saturated rings. The average molecular weight is 293 g/mol. The Labute approximate surface area is 118 Å². The Morgan fingerprint density at radius 3 is 2.55 bits per heavy atom. The van der Waals surface area contributed by atoms with Gasteiger partial charge >= 0.3 is 0 Å². The van der Waals surface area contributed by atoms with Gasteiger partial charge < -0.3 is 5.11 Å². The standard InChI is InChI=1S/C14H15NO4S/c1-10-6-7-11(5-4-8-16)9-12(10)15-13(17)14(2,3)20(15,18)19/h6-7,9,16H,8H2,1-3H3. The number of benzene rings is 1. The molecule has 1 aromatic carbocycles. The molecule has 0 aromatic heterocycles. The lowest BCUT2D eigenvalue weighted by Crippen LogP contribution is -2.67. The molecule has 0 saturated carbocycles. The number of rotatable bonds is 1. The first-order valence-electron chi connectivity index (χ1n) is 6.03. The van der Waals surface area contributed by atoms with E-state index in [1.165, 1.54) is 13.8 Å². The molecule has 1 saturated heterocycles. The molecule has 0 unspecified atom stereocenters. The lowest BCUT2D eigenvalue weighted by molar-refractivity contribution is -0.120. The van der Waals surface area contributed by atoms with Gasteiger partial charge in [0.05, 0.1) is 5.69 Å². The average Bonchev–Trinajstić information content (AvgIpc) is 2.39. The van der Waals surface area contributed by atoms with E-state index in [1.54, 1.807) is 25.1 Å². The van der Waals surface area contributed by atoms with Crippen molar-refractivity contribution in [3.05, 3.63) is 29.3 Å². The van der Waals surface area contributed by atoms with Gasteiger partial charge in [-0.3, -0.25) is 4.79 Å². The molecule has 5 nitrogen and oxygen atoms in total. The Bertz CT molecular complexity index is 738. The third-order valence-corrected chi connectivity index (χ3v) is 5.63. The normalized spacial score (nSPS) is 19.0. The number of aryl methyl sites for hydroxylation is 1. The van der Waals surface area contributed by atoms with Crippen LogP contribution in [-0.2, 0) is 14.8 Å². The summed E-state index contributed by atoms with van der Waals surface area (Å²) < 4.78 is 23.8. The van der Waals surface area contributed by atoms with E-state index in [2.05, 4.69) is 11.8 Å². The van der Waals surface area contributed by atoms with Gasteiger partial charge in [0.1, 0.15) is 6.61 Å². The minimum absolute atomic E-state index is 0.281. The highest BCUT2D eigenvalue weighted by Crippen LogP contribution is 2.40. The van der Waals surface area contributed by atoms with Crippen molar-refractivity contribution in [3.63, 3.8) is 0 Å². The van der Waals surface area contributed by atoms with Crippen LogP contribution in [0.5, 0.6) is 0 Å². The summed E-state index contributed by atoms with van der Waals surface area (Å²) in [5.41, 5.74) is 1.54. The molecule has 106 valence electrons. The Kier molecular flexibility index (Phi) is 3.36. The molecule has 0 bridgehead atoms. The van der Waals surface area contributed by atoms with E-state index in [0.717, 1.165) is 4.31 Å². The van der Waals surface area contributed by atoms with Gasteiger partial charge in [-0.25, -0.2) is 12.7 Å². The Hall–Kier alpha value is -1.84. The van der Waals surface area contributed by atoms with Gasteiger partial charge in [0.15, 0.2) is 4.75 Å². The number of aliphatic hydroxyl groups excluding tert-OH is 1. The molecule has 1 aliphatic heterocycles. The molecule has 1 amide bonds. The number of aliphatic hydroxyl groups is 1. The summed E-state index contributed by atoms with van der Waals surface area (Å²) in [4.78, 5) is 12.0. The third kappa shape index (κ3) is 1.90. The number of nitrogens with zero attached hydrogens (tertiary/aromatic N) is 1. The van der Waals surface area contributed by atoms with Crippen LogP contribution in [0, 0.1) is 18.8 Å². The van der Waals surface area contributed by atoms with Crippen molar-refractivity contribution in [1.29, 1.82) is 0 Å². The topological polar surface area (TPSA) is 74.7 Å². The molecule has 0 atom stereocenters. The number of amides is 1. The van der Waals surface area contributed by atoms with Gasteiger partial charge in [-0.15, -0.1) is 0 Å². The van der Waals surface area contributed by atoms with E-state index in [0.29, 0.717) is 16.8 Å². The lowest BCUT2D eigenvalue weighted by Gasteiger charge is -2.43. The van der Waals surface area contributed by atoms with Crippen molar-refractivity contribution in [1.82, 2.24) is 0 Å². The molecular formula is C14H15NO4S. The molecule has 1 N–H and O–H groups in total. The molecule has 1 aliphatic rings. The second kappa shape index (κ2) is 4.62. The van der Waals surface area contributed by atoms with Crippen LogP contribution in [0.15, 0.2) is 18.2 Å². The van der Waals surface area contributed by atoms with Gasteiger partial charge in [-0.05, 0) is 38.5 Å². The number of anilines is 1. The fraction of sp³-hybridized carbons (Fsp3) is 0.357. The molecule has 0 aliphatic carbocycles. The highest BCUT2D eigenvalue weighted by Gasteiger charge is 2.61. The maximum absolute atomic E-state index is 12.2. The molecular weight excluding hydrogens is 278 g/mol. The summed E-state index contributed by atoms with van der Waals surface area (Å²) in [6, 6.07) is 4.96. The van der Waals surface area contributed by atoms with Gasteiger partial charge in [0.25, 0.3) is 15.9 Å². The predicted octanol–water partition coefficient (Wildman–Crippen LogP) is 0.794. The summed E-state index contributed by atoms with van der Waals surface area (Å²) in [5.74, 6) is 4.73. The summed E-state index contributed by atoms with van der Waals surface area (Å²) in [6.07, 6.45) is 0. The van der Waals surface area contributed by atoms with E-state index < -0.39 is 20.7 Å². The van der Waals surface area contributed by atoms with Crippen molar-refractivity contribution in [2.75, 3.05) is 10.9 Å². The van der Waals surface area contributed by atoms with Gasteiger partial charge in [0, 0.05) is 5.56 Å². The molecule has 2 rings (SSSR count). The molecule has 0 radical (unpaired) electrons. The highest BCUT2D eigenvalue weighted by atomic mass is 32.2. The van der Waals surface area contributed by atoms with E-state index in [9.17, 15) is 13.2 Å². The number of sulfonamides is 1. The van der Waals surface area contributed by atoms with Gasteiger partial charge in [-0.1, -0.05) is 17.9 Å². The highest BCUT2D eigenvalue weighted by molar-refractivity contribution is 7.98. The van der Waals surface area contributed by atoms with E-state index >= 15 is 0 Å². The number of hydrogen-bond donors (Lipinski definition) is 1. The summed E-state index contributed by atoms with van der Waals surface area (Å²) in [6.45, 7) is 4.24. The van der Waals surface area contributed by atoms with Crippen LogP contribution in [0.3, 0.4) is 0 Å². The second-order valence-electron chi connectivity index (χ2n) is 5.05. The van der Waals surface area contributed by atoms with Crippen LogP contribution in [-0.4, -0.2) is 30.8 Å². The number of carbonyl (C=O) groups excluding carboxylic acids is 1. The minimum Gasteiger partial charge on any atom is -0.384 e. The Morgan fingerprint density at radius 1 is 1.35 bits per heavy atom. The smallest absolute Gasteiger partial charge is 0.263 e. The van der Waals surface area contributed by atoms with Crippen LogP contribution in [0.25, 0.3) is 0 Å². The van der Waals surface area contributed by atoms with Crippen molar-refractivity contribution in [2.45, 2.75) is 25.5 Å². The molecule has 20 heavy (non-hydrogen) atoms. The zero-order chi connectivity index (χ0) is 15.1. The lowest BCUT2D eigenvalue weighted by atomic mass is 10.1. The fourth-order valence-corrected chi connectivity index (χ4v) is 3.48.